The van der Waals surface area contributed by atoms with Gasteiger partial charge in [-0.2, -0.15) is 0 Å². The molecule has 0 spiro atoms. The summed E-state index contributed by atoms with van der Waals surface area (Å²) in [6, 6.07) is 70.0. The molecule has 0 N–H and O–H groups in total. The van der Waals surface area contributed by atoms with Crippen molar-refractivity contribution in [1.82, 2.24) is 4.57 Å². The molecule has 9 aromatic carbocycles. The Labute approximate surface area is 352 Å². The number of hydrogen-bond acceptors (Lipinski definition) is 3. The van der Waals surface area contributed by atoms with Gasteiger partial charge in [0.15, 0.2) is 0 Å². The second-order valence-corrected chi connectivity index (χ2v) is 16.8. The number of rotatable bonds is 5. The van der Waals surface area contributed by atoms with Crippen LogP contribution in [0, 0.1) is 0 Å². The predicted octanol–water partition coefficient (Wildman–Crippen LogP) is 16.0. The molecule has 0 unspecified atom stereocenters. The highest BCUT2D eigenvalue weighted by atomic mass is 16.3. The zero-order valence-corrected chi connectivity index (χ0v) is 33.7. The number of fused-ring (bicyclic) bond motifs is 12. The minimum absolute atomic E-state index is 0.156. The van der Waals surface area contributed by atoms with Crippen LogP contribution in [0.5, 0.6) is 0 Å². The van der Waals surface area contributed by atoms with Gasteiger partial charge in [-0.05, 0) is 94.5 Å². The van der Waals surface area contributed by atoms with Crippen molar-refractivity contribution in [3.63, 3.8) is 0 Å². The van der Waals surface area contributed by atoms with E-state index in [2.05, 4.69) is 199 Å². The maximum absolute atomic E-state index is 6.50. The van der Waals surface area contributed by atoms with Gasteiger partial charge in [-0.15, -0.1) is 0 Å². The van der Waals surface area contributed by atoms with E-state index in [1.807, 2.05) is 18.2 Å². The Balaban J connectivity index is 1.05. The molecule has 0 bridgehead atoms. The Morgan fingerprint density at radius 2 is 1.05 bits per heavy atom. The molecule has 3 heterocycles. The second-order valence-electron chi connectivity index (χ2n) is 16.8. The monoisotopic (exact) mass is 782 g/mol. The second kappa shape index (κ2) is 12.6. The smallest absolute Gasteiger partial charge is 0.143 e. The molecule has 0 amide bonds. The molecular weight excluding hydrogens is 745 g/mol. The van der Waals surface area contributed by atoms with E-state index in [0.29, 0.717) is 0 Å². The van der Waals surface area contributed by atoms with Crippen LogP contribution in [0.4, 0.5) is 17.1 Å². The molecule has 0 fully saturated rings. The maximum Gasteiger partial charge on any atom is 0.143 e. The summed E-state index contributed by atoms with van der Waals surface area (Å²) in [5, 5.41) is 6.85. The molecule has 288 valence electrons. The fraction of sp³-hybridized carbons (Fsp3) is 0.0526. The van der Waals surface area contributed by atoms with E-state index in [4.69, 9.17) is 8.83 Å². The number of hydrogen-bond donors (Lipinski definition) is 0. The zero-order valence-electron chi connectivity index (χ0n) is 33.7. The predicted molar refractivity (Wildman–Crippen MR) is 253 cm³/mol. The first kappa shape index (κ1) is 34.1. The summed E-state index contributed by atoms with van der Waals surface area (Å²) in [7, 11) is 0. The van der Waals surface area contributed by atoms with Crippen LogP contribution in [0.3, 0.4) is 0 Å². The van der Waals surface area contributed by atoms with Crippen LogP contribution < -0.4 is 4.90 Å². The van der Waals surface area contributed by atoms with Crippen molar-refractivity contribution in [2.75, 3.05) is 4.90 Å². The van der Waals surface area contributed by atoms with E-state index in [-0.39, 0.29) is 5.41 Å². The molecule has 1 aliphatic carbocycles. The highest BCUT2D eigenvalue weighted by Crippen LogP contribution is 2.52. The number of anilines is 3. The lowest BCUT2D eigenvalue weighted by atomic mass is 9.82. The first-order valence-electron chi connectivity index (χ1n) is 21.0. The van der Waals surface area contributed by atoms with Crippen LogP contribution in [0.2, 0.25) is 0 Å². The Kier molecular flexibility index (Phi) is 7.04. The fourth-order valence-corrected chi connectivity index (χ4v) is 10.4. The van der Waals surface area contributed by atoms with E-state index < -0.39 is 0 Å². The third kappa shape index (κ3) is 4.82. The van der Waals surface area contributed by atoms with Crippen molar-refractivity contribution in [2.24, 2.45) is 0 Å². The van der Waals surface area contributed by atoms with E-state index in [9.17, 15) is 0 Å². The van der Waals surface area contributed by atoms with Crippen LogP contribution in [0.1, 0.15) is 25.0 Å². The first-order chi connectivity index (χ1) is 30.0. The Morgan fingerprint density at radius 1 is 0.426 bits per heavy atom. The molecule has 4 heteroatoms. The van der Waals surface area contributed by atoms with Crippen LogP contribution in [0.25, 0.3) is 93.6 Å². The number of benzene rings is 9. The van der Waals surface area contributed by atoms with Crippen LogP contribution in [-0.4, -0.2) is 4.57 Å². The lowest BCUT2D eigenvalue weighted by Gasteiger charge is -2.29. The minimum atomic E-state index is -0.156. The average molecular weight is 783 g/mol. The highest BCUT2D eigenvalue weighted by Gasteiger charge is 2.36. The summed E-state index contributed by atoms with van der Waals surface area (Å²) in [6.07, 6.45) is 0. The van der Waals surface area contributed by atoms with Crippen molar-refractivity contribution >= 4 is 82.7 Å². The molecule has 61 heavy (non-hydrogen) atoms. The molecule has 4 nitrogen and oxygen atoms in total. The molecule has 0 radical (unpaired) electrons. The van der Waals surface area contributed by atoms with Gasteiger partial charge in [-0.3, -0.25) is 0 Å². The number of furan rings is 2. The fourth-order valence-electron chi connectivity index (χ4n) is 10.4. The summed E-state index contributed by atoms with van der Waals surface area (Å²) in [5.41, 5.74) is 17.6. The van der Waals surface area contributed by atoms with E-state index >= 15 is 0 Å². The molecule has 1 aliphatic rings. The van der Waals surface area contributed by atoms with Gasteiger partial charge >= 0.3 is 0 Å². The SMILES string of the molecule is CC1(C)c2ccccc2-c2ccc(N(c3ccc(-c4cccc5c4oc4ccccc45)cc3)c3cccc4c3c3ccccc3n4-c3cccc4oc5ccccc5c34)cc21. The normalized spacial score (nSPS) is 13.2. The number of para-hydroxylation sites is 4. The molecule has 12 aromatic rings. The van der Waals surface area contributed by atoms with Crippen LogP contribution in [0.15, 0.2) is 203 Å². The maximum atomic E-state index is 6.50. The zero-order chi connectivity index (χ0) is 40.4. The lowest BCUT2D eigenvalue weighted by molar-refractivity contribution is 0.660. The molecular formula is C57H38N2O2. The van der Waals surface area contributed by atoms with E-state index in [1.54, 1.807) is 0 Å². The van der Waals surface area contributed by atoms with Crippen molar-refractivity contribution in [1.29, 1.82) is 0 Å². The van der Waals surface area contributed by atoms with Crippen molar-refractivity contribution in [3.8, 4) is 27.9 Å². The Morgan fingerprint density at radius 3 is 1.92 bits per heavy atom. The van der Waals surface area contributed by atoms with Gasteiger partial charge in [0.25, 0.3) is 0 Å². The standard InChI is InChI=1S/C57H38N2O2/c1-57(2)45-20-7-3-14-39(45)40-33-32-37(34-46(40)57)58(36-30-28-35(29-31-36)38-18-11-19-42-41-15-5-9-25-51(41)61-56(38)42)48-22-12-23-49-54(48)43-16-4-8-21-47(43)59(49)50-24-13-27-53-55(50)44-17-6-10-26-52(44)60-53/h3-34H,1-2H3. The van der Waals surface area contributed by atoms with Crippen LogP contribution in [-0.2, 0) is 5.41 Å². The summed E-state index contributed by atoms with van der Waals surface area (Å²) in [5.74, 6) is 0. The summed E-state index contributed by atoms with van der Waals surface area (Å²) >= 11 is 0. The van der Waals surface area contributed by atoms with Crippen molar-refractivity contribution in [3.05, 3.63) is 205 Å². The van der Waals surface area contributed by atoms with Crippen molar-refractivity contribution < 1.29 is 8.83 Å². The third-order valence-electron chi connectivity index (χ3n) is 13.2. The Hall–Kier alpha value is -7.82. The topological polar surface area (TPSA) is 34.5 Å². The highest BCUT2D eigenvalue weighted by molar-refractivity contribution is 6.19. The van der Waals surface area contributed by atoms with Gasteiger partial charge in [0.2, 0.25) is 0 Å². The average Bonchev–Trinajstić information content (AvgIpc) is 4.04. The molecule has 0 aliphatic heterocycles. The molecule has 0 saturated heterocycles. The largest absolute Gasteiger partial charge is 0.456 e. The van der Waals surface area contributed by atoms with E-state index in [1.165, 1.54) is 33.0 Å². The first-order valence-corrected chi connectivity index (χ1v) is 21.0. The van der Waals surface area contributed by atoms with Crippen LogP contribution >= 0.6 is 0 Å². The van der Waals surface area contributed by atoms with Crippen molar-refractivity contribution in [2.45, 2.75) is 19.3 Å². The van der Waals surface area contributed by atoms with Gasteiger partial charge < -0.3 is 18.3 Å². The number of aromatic nitrogens is 1. The van der Waals surface area contributed by atoms with Gasteiger partial charge in [0.05, 0.1) is 27.8 Å². The quantitative estimate of drug-likeness (QED) is 0.174. The Bertz CT molecular complexity index is 3750. The molecule has 3 aromatic heterocycles. The summed E-state index contributed by atoms with van der Waals surface area (Å²) in [6.45, 7) is 4.71. The van der Waals surface area contributed by atoms with Gasteiger partial charge in [0, 0.05) is 49.3 Å². The van der Waals surface area contributed by atoms with E-state index in [0.717, 1.165) is 88.8 Å². The molecule has 13 rings (SSSR count). The van der Waals surface area contributed by atoms with Gasteiger partial charge in [-0.25, -0.2) is 0 Å². The summed E-state index contributed by atoms with van der Waals surface area (Å²) in [4.78, 5) is 2.46. The minimum Gasteiger partial charge on any atom is -0.456 e. The lowest BCUT2D eigenvalue weighted by Crippen LogP contribution is -2.16. The van der Waals surface area contributed by atoms with Gasteiger partial charge in [0.1, 0.15) is 22.3 Å². The van der Waals surface area contributed by atoms with Gasteiger partial charge in [-0.1, -0.05) is 141 Å². The molecule has 0 saturated carbocycles. The summed E-state index contributed by atoms with van der Waals surface area (Å²) < 4.78 is 15.3. The molecule has 0 atom stereocenters. The third-order valence-corrected chi connectivity index (χ3v) is 13.2. The number of nitrogens with zero attached hydrogens (tertiary/aromatic N) is 2.